The van der Waals surface area contributed by atoms with Crippen LogP contribution in [-0.4, -0.2) is 50.4 Å². The van der Waals surface area contributed by atoms with Crippen LogP contribution in [0.4, 0.5) is 27.8 Å². The van der Waals surface area contributed by atoms with Gasteiger partial charge >= 0.3 is 6.18 Å². The van der Waals surface area contributed by atoms with Crippen LogP contribution in [0.25, 0.3) is 16.7 Å². The number of phenols is 1. The summed E-state index contributed by atoms with van der Waals surface area (Å²) in [5, 5.41) is 17.1. The number of hydrogen-bond acceptors (Lipinski definition) is 6. The lowest BCUT2D eigenvalue weighted by Crippen LogP contribution is -2.48. The molecule has 0 radical (unpaired) electrons. The molecule has 3 aromatic rings. The number of hydrogen-bond donors (Lipinski definition) is 1. The molecule has 3 heterocycles. The SMILES string of the molecule is Oc1c(F)c(-n2nnc3cc(N4CCOCC45CC5)ncc32)cc(C(F)(F)F)c1F. The van der Waals surface area contributed by atoms with E-state index in [-0.39, 0.29) is 22.6 Å². The number of alkyl halides is 3. The number of ether oxygens (including phenoxy) is 1. The van der Waals surface area contributed by atoms with E-state index in [1.807, 2.05) is 0 Å². The Balaban J connectivity index is 1.61. The van der Waals surface area contributed by atoms with Crippen molar-refractivity contribution in [2.75, 3.05) is 24.7 Å². The van der Waals surface area contributed by atoms with Crippen LogP contribution < -0.4 is 4.90 Å². The van der Waals surface area contributed by atoms with Crippen molar-refractivity contribution in [3.05, 3.63) is 35.5 Å². The van der Waals surface area contributed by atoms with E-state index < -0.39 is 34.8 Å². The molecule has 5 rings (SSSR count). The second-order valence-corrected chi connectivity index (χ2v) is 7.38. The van der Waals surface area contributed by atoms with Crippen LogP contribution >= 0.6 is 0 Å². The lowest BCUT2D eigenvalue weighted by Gasteiger charge is -2.37. The second-order valence-electron chi connectivity index (χ2n) is 7.38. The Labute approximate surface area is 165 Å². The average molecular weight is 427 g/mol. The minimum Gasteiger partial charge on any atom is -0.503 e. The molecule has 1 aliphatic carbocycles. The highest BCUT2D eigenvalue weighted by Crippen LogP contribution is 2.45. The molecule has 1 saturated carbocycles. The summed E-state index contributed by atoms with van der Waals surface area (Å²) >= 11 is 0. The zero-order chi connectivity index (χ0) is 21.3. The summed E-state index contributed by atoms with van der Waals surface area (Å²) < 4.78 is 73.7. The van der Waals surface area contributed by atoms with Crippen LogP contribution in [0.3, 0.4) is 0 Å². The summed E-state index contributed by atoms with van der Waals surface area (Å²) in [4.78, 5) is 6.45. The number of aromatic nitrogens is 4. The third kappa shape index (κ3) is 2.77. The first-order chi connectivity index (χ1) is 14.2. The van der Waals surface area contributed by atoms with E-state index in [1.165, 1.54) is 6.20 Å². The molecular formula is C18H14F5N5O2. The highest BCUT2D eigenvalue weighted by Gasteiger charge is 2.50. The lowest BCUT2D eigenvalue weighted by molar-refractivity contribution is -0.140. The minimum atomic E-state index is -5.14. The Morgan fingerprint density at radius 1 is 1.13 bits per heavy atom. The Kier molecular flexibility index (Phi) is 3.95. The number of benzene rings is 1. The molecule has 0 amide bonds. The van der Waals surface area contributed by atoms with E-state index in [1.54, 1.807) is 6.07 Å². The number of fused-ring (bicyclic) bond motifs is 1. The van der Waals surface area contributed by atoms with Gasteiger partial charge in [-0.05, 0) is 18.9 Å². The van der Waals surface area contributed by atoms with Gasteiger partial charge in [-0.2, -0.15) is 13.2 Å². The number of aromatic hydroxyl groups is 1. The van der Waals surface area contributed by atoms with E-state index in [0.29, 0.717) is 25.6 Å². The third-order valence-corrected chi connectivity index (χ3v) is 5.52. The van der Waals surface area contributed by atoms with Gasteiger partial charge in [-0.3, -0.25) is 0 Å². The van der Waals surface area contributed by atoms with Gasteiger partial charge in [0.05, 0.1) is 30.5 Å². The molecule has 2 aliphatic rings. The fourth-order valence-corrected chi connectivity index (χ4v) is 3.76. The number of phenolic OH excluding ortho intramolecular Hbond substituents is 1. The normalized spacial score (nSPS) is 18.4. The molecular weight excluding hydrogens is 413 g/mol. The van der Waals surface area contributed by atoms with Gasteiger partial charge in [-0.1, -0.05) is 5.21 Å². The van der Waals surface area contributed by atoms with Gasteiger partial charge in [0.2, 0.25) is 0 Å². The Hall–Kier alpha value is -3.02. The van der Waals surface area contributed by atoms with Crippen LogP contribution in [0.15, 0.2) is 18.3 Å². The molecule has 0 unspecified atom stereocenters. The molecule has 12 heteroatoms. The summed E-state index contributed by atoms with van der Waals surface area (Å²) in [6.45, 7) is 1.75. The maximum Gasteiger partial charge on any atom is 0.419 e. The predicted octanol–water partition coefficient (Wildman–Crippen LogP) is 3.19. The largest absolute Gasteiger partial charge is 0.503 e. The van der Waals surface area contributed by atoms with Gasteiger partial charge in [-0.15, -0.1) is 5.10 Å². The molecule has 0 bridgehead atoms. The smallest absolute Gasteiger partial charge is 0.419 e. The lowest BCUT2D eigenvalue weighted by atomic mass is 10.1. The highest BCUT2D eigenvalue weighted by atomic mass is 19.4. The van der Waals surface area contributed by atoms with Gasteiger partial charge in [0.15, 0.2) is 17.4 Å². The number of pyridine rings is 1. The number of nitrogens with zero attached hydrogens (tertiary/aromatic N) is 5. The molecule has 7 nitrogen and oxygen atoms in total. The molecule has 1 spiro atoms. The first-order valence-electron chi connectivity index (χ1n) is 9.07. The summed E-state index contributed by atoms with van der Waals surface area (Å²) in [6.07, 6.45) is -1.91. The quantitative estimate of drug-likeness (QED) is 0.634. The summed E-state index contributed by atoms with van der Waals surface area (Å²) in [5.41, 5.74) is -2.34. The van der Waals surface area contributed by atoms with Crippen molar-refractivity contribution >= 4 is 16.9 Å². The number of anilines is 1. The van der Waals surface area contributed by atoms with Crippen molar-refractivity contribution in [2.24, 2.45) is 0 Å². The highest BCUT2D eigenvalue weighted by molar-refractivity contribution is 5.78. The molecule has 1 saturated heterocycles. The van der Waals surface area contributed by atoms with Crippen molar-refractivity contribution in [3.63, 3.8) is 0 Å². The van der Waals surface area contributed by atoms with E-state index in [9.17, 15) is 27.1 Å². The first-order valence-corrected chi connectivity index (χ1v) is 9.07. The fourth-order valence-electron chi connectivity index (χ4n) is 3.76. The third-order valence-electron chi connectivity index (χ3n) is 5.52. The summed E-state index contributed by atoms with van der Waals surface area (Å²) in [7, 11) is 0. The molecule has 1 N–H and O–H groups in total. The van der Waals surface area contributed by atoms with E-state index in [4.69, 9.17) is 4.74 Å². The maximum atomic E-state index is 14.4. The fraction of sp³-hybridized carbons (Fsp3) is 0.389. The minimum absolute atomic E-state index is 0.106. The summed E-state index contributed by atoms with van der Waals surface area (Å²) in [6, 6.07) is 1.85. The van der Waals surface area contributed by atoms with Gasteiger partial charge in [0, 0.05) is 12.6 Å². The van der Waals surface area contributed by atoms with Gasteiger partial charge in [0.25, 0.3) is 0 Å². The Bertz CT molecular complexity index is 1160. The van der Waals surface area contributed by atoms with E-state index in [2.05, 4.69) is 20.2 Å². The maximum absolute atomic E-state index is 14.4. The zero-order valence-electron chi connectivity index (χ0n) is 15.2. The first kappa shape index (κ1) is 19.0. The average Bonchev–Trinajstić information content (AvgIpc) is 3.34. The molecule has 30 heavy (non-hydrogen) atoms. The Morgan fingerprint density at radius 3 is 2.60 bits per heavy atom. The van der Waals surface area contributed by atoms with Crippen molar-refractivity contribution in [1.82, 2.24) is 20.0 Å². The van der Waals surface area contributed by atoms with Crippen molar-refractivity contribution < 1.29 is 31.8 Å². The standard InChI is InChI=1S/C18H14F5N5O2/c19-14-9(18(21,22)23)5-11(15(20)16(14)29)28-12-7-24-13(6-10(12)25-26-28)27-3-4-30-8-17(27)1-2-17/h5-7,29H,1-4,8H2. The Morgan fingerprint density at radius 2 is 1.90 bits per heavy atom. The van der Waals surface area contributed by atoms with E-state index in [0.717, 1.165) is 17.5 Å². The predicted molar refractivity (Wildman–Crippen MR) is 93.4 cm³/mol. The summed E-state index contributed by atoms with van der Waals surface area (Å²) in [5.74, 6) is -4.80. The van der Waals surface area contributed by atoms with Crippen LogP contribution in [0.2, 0.25) is 0 Å². The second kappa shape index (κ2) is 6.24. The molecule has 0 atom stereocenters. The van der Waals surface area contributed by atoms with Crippen LogP contribution in [-0.2, 0) is 10.9 Å². The van der Waals surface area contributed by atoms with E-state index >= 15 is 0 Å². The van der Waals surface area contributed by atoms with Gasteiger partial charge < -0.3 is 14.7 Å². The monoisotopic (exact) mass is 427 g/mol. The van der Waals surface area contributed by atoms with Crippen LogP contribution in [0, 0.1) is 11.6 Å². The zero-order valence-corrected chi connectivity index (χ0v) is 15.2. The van der Waals surface area contributed by atoms with Gasteiger partial charge in [-0.25, -0.2) is 18.4 Å². The molecule has 2 aromatic heterocycles. The number of halogens is 5. The van der Waals surface area contributed by atoms with Crippen LogP contribution in [0.5, 0.6) is 5.75 Å². The molecule has 1 aliphatic heterocycles. The number of rotatable bonds is 2. The molecule has 1 aromatic carbocycles. The van der Waals surface area contributed by atoms with Crippen molar-refractivity contribution in [3.8, 4) is 11.4 Å². The van der Waals surface area contributed by atoms with Crippen LogP contribution in [0.1, 0.15) is 18.4 Å². The topological polar surface area (TPSA) is 76.3 Å². The molecule has 158 valence electrons. The van der Waals surface area contributed by atoms with Crippen molar-refractivity contribution in [2.45, 2.75) is 24.6 Å². The molecule has 2 fully saturated rings. The number of morpholine rings is 1. The van der Waals surface area contributed by atoms with Crippen molar-refractivity contribution in [1.29, 1.82) is 0 Å². The van der Waals surface area contributed by atoms with Gasteiger partial charge in [0.1, 0.15) is 22.5 Å².